The highest BCUT2D eigenvalue weighted by molar-refractivity contribution is 7.90. The van der Waals surface area contributed by atoms with Crippen molar-refractivity contribution < 1.29 is 37.0 Å². The SMILES string of the molecule is CC(C)(C)OC(=O)NCC(=O)N1CC2(C[C@H]1C(=O)NCc1cc3cnccc3n1S(=O)(=O)c1ccccc1)OCCO2. The number of aromatic nitrogens is 2. The van der Waals surface area contributed by atoms with E-state index in [0.717, 1.165) is 0 Å². The van der Waals surface area contributed by atoms with Crippen LogP contribution in [0.1, 0.15) is 32.9 Å². The minimum atomic E-state index is -4.01. The Morgan fingerprint density at radius 3 is 2.50 bits per heavy atom. The molecule has 2 N–H and O–H groups in total. The summed E-state index contributed by atoms with van der Waals surface area (Å²) in [6, 6.07) is 10.2. The standard InChI is InChI=1S/C28H33N5O8S/c1-27(2,3)41-26(36)31-17-24(34)32-18-28(39-11-12-40-28)14-23(32)25(35)30-16-20-13-19-15-29-10-9-22(19)33(20)42(37,38)21-7-5-4-6-8-21/h4-10,13,15,23H,11-12,14,16-18H2,1-3H3,(H,30,35)(H,31,36)/t23-/m0/s1. The van der Waals surface area contributed by atoms with Crippen LogP contribution in [0.2, 0.25) is 0 Å². The average Bonchev–Trinajstić information content (AvgIpc) is 3.67. The van der Waals surface area contributed by atoms with Crippen LogP contribution in [0.5, 0.6) is 0 Å². The molecule has 0 radical (unpaired) electrons. The number of carbonyl (C=O) groups is 3. The van der Waals surface area contributed by atoms with Gasteiger partial charge in [-0.2, -0.15) is 0 Å². The number of ether oxygens (including phenoxy) is 3. The summed E-state index contributed by atoms with van der Waals surface area (Å²) in [6.45, 7) is 5.19. The van der Waals surface area contributed by atoms with E-state index >= 15 is 0 Å². The van der Waals surface area contributed by atoms with E-state index in [0.29, 0.717) is 29.8 Å². The van der Waals surface area contributed by atoms with Crippen molar-refractivity contribution in [2.24, 2.45) is 0 Å². The van der Waals surface area contributed by atoms with Crippen LogP contribution < -0.4 is 10.6 Å². The summed E-state index contributed by atoms with van der Waals surface area (Å²) < 4.78 is 45.2. The van der Waals surface area contributed by atoms with E-state index in [9.17, 15) is 22.8 Å². The number of benzene rings is 1. The zero-order valence-electron chi connectivity index (χ0n) is 23.5. The first kappa shape index (κ1) is 29.5. The van der Waals surface area contributed by atoms with E-state index in [1.165, 1.54) is 27.2 Å². The molecule has 4 heterocycles. The highest BCUT2D eigenvalue weighted by Gasteiger charge is 2.52. The molecule has 0 unspecified atom stereocenters. The molecular formula is C28H33N5O8S. The summed E-state index contributed by atoms with van der Waals surface area (Å²) in [5, 5.41) is 5.80. The number of pyridine rings is 1. The number of hydrogen-bond donors (Lipinski definition) is 2. The molecule has 0 saturated carbocycles. The molecule has 14 heteroatoms. The summed E-state index contributed by atoms with van der Waals surface area (Å²) in [7, 11) is -4.01. The van der Waals surface area contributed by atoms with Crippen LogP contribution in [0.3, 0.4) is 0 Å². The maximum Gasteiger partial charge on any atom is 0.408 e. The Balaban J connectivity index is 1.36. The zero-order valence-corrected chi connectivity index (χ0v) is 24.3. The van der Waals surface area contributed by atoms with Gasteiger partial charge in [0.1, 0.15) is 18.2 Å². The minimum Gasteiger partial charge on any atom is -0.444 e. The van der Waals surface area contributed by atoms with Gasteiger partial charge in [0.15, 0.2) is 5.79 Å². The van der Waals surface area contributed by atoms with E-state index in [1.807, 2.05) is 0 Å². The Morgan fingerprint density at radius 2 is 1.81 bits per heavy atom. The first-order chi connectivity index (χ1) is 19.9. The van der Waals surface area contributed by atoms with Gasteiger partial charge in [-0.05, 0) is 45.0 Å². The summed E-state index contributed by atoms with van der Waals surface area (Å²) in [5.41, 5.74) is -0.0258. The fourth-order valence-corrected chi connectivity index (χ4v) is 6.66. The van der Waals surface area contributed by atoms with E-state index < -0.39 is 51.9 Å². The van der Waals surface area contributed by atoms with Gasteiger partial charge in [-0.15, -0.1) is 0 Å². The van der Waals surface area contributed by atoms with Gasteiger partial charge in [-0.3, -0.25) is 14.6 Å². The number of likely N-dealkylation sites (tertiary alicyclic amines) is 1. The van der Waals surface area contributed by atoms with Gasteiger partial charge in [0.25, 0.3) is 10.0 Å². The normalized spacial score (nSPS) is 18.4. The Bertz CT molecular complexity index is 1590. The Kier molecular flexibility index (Phi) is 7.96. The van der Waals surface area contributed by atoms with Crippen molar-refractivity contribution in [3.05, 3.63) is 60.6 Å². The van der Waals surface area contributed by atoms with Crippen molar-refractivity contribution in [3.63, 3.8) is 0 Å². The lowest BCUT2D eigenvalue weighted by Crippen LogP contribution is -2.49. The van der Waals surface area contributed by atoms with Crippen molar-refractivity contribution in [1.29, 1.82) is 0 Å². The van der Waals surface area contributed by atoms with Crippen LogP contribution in [-0.4, -0.2) is 83.9 Å². The van der Waals surface area contributed by atoms with Crippen LogP contribution in [0.4, 0.5) is 4.79 Å². The maximum absolute atomic E-state index is 13.7. The van der Waals surface area contributed by atoms with Gasteiger partial charge < -0.3 is 29.7 Å². The monoisotopic (exact) mass is 599 g/mol. The second kappa shape index (κ2) is 11.3. The second-order valence-corrected chi connectivity index (χ2v) is 12.9. The minimum absolute atomic E-state index is 0.00572. The lowest BCUT2D eigenvalue weighted by molar-refractivity contribution is -0.152. The fourth-order valence-electron chi connectivity index (χ4n) is 5.09. The number of amides is 3. The van der Waals surface area contributed by atoms with Crippen molar-refractivity contribution in [2.45, 2.75) is 56.1 Å². The van der Waals surface area contributed by atoms with Gasteiger partial charge in [0, 0.05) is 24.2 Å². The molecule has 13 nitrogen and oxygen atoms in total. The summed E-state index contributed by atoms with van der Waals surface area (Å²) in [4.78, 5) is 44.3. The Labute approximate surface area is 243 Å². The first-order valence-electron chi connectivity index (χ1n) is 13.5. The molecule has 3 aromatic rings. The Hall–Kier alpha value is -4.01. The largest absolute Gasteiger partial charge is 0.444 e. The molecule has 2 aromatic heterocycles. The maximum atomic E-state index is 13.7. The summed E-state index contributed by atoms with van der Waals surface area (Å²) in [6.07, 6.45) is 2.36. The van der Waals surface area contributed by atoms with Gasteiger partial charge in [0.05, 0.1) is 42.4 Å². The predicted octanol–water partition coefficient (Wildman–Crippen LogP) is 1.76. The zero-order chi connectivity index (χ0) is 30.1. The molecule has 2 aliphatic rings. The van der Waals surface area contributed by atoms with E-state index in [2.05, 4.69) is 15.6 Å². The fraction of sp³-hybridized carbons (Fsp3) is 0.429. The van der Waals surface area contributed by atoms with Crippen molar-refractivity contribution >= 4 is 38.8 Å². The molecule has 5 rings (SSSR count). The number of nitrogens with one attached hydrogen (secondary N) is 2. The van der Waals surface area contributed by atoms with E-state index in [-0.39, 0.29) is 24.4 Å². The number of alkyl carbamates (subject to hydrolysis) is 1. The third-order valence-corrected chi connectivity index (χ3v) is 8.65. The molecule has 1 atom stereocenters. The van der Waals surface area contributed by atoms with Crippen molar-refractivity contribution in [2.75, 3.05) is 26.3 Å². The van der Waals surface area contributed by atoms with Crippen LogP contribution >= 0.6 is 0 Å². The number of hydrogen-bond acceptors (Lipinski definition) is 9. The third kappa shape index (κ3) is 6.10. The first-order valence-corrected chi connectivity index (χ1v) is 14.9. The number of fused-ring (bicyclic) bond motifs is 1. The lowest BCUT2D eigenvalue weighted by Gasteiger charge is -2.25. The lowest BCUT2D eigenvalue weighted by atomic mass is 10.1. The average molecular weight is 600 g/mol. The molecule has 1 aromatic carbocycles. The van der Waals surface area contributed by atoms with Crippen LogP contribution in [0.25, 0.3) is 10.9 Å². The van der Waals surface area contributed by atoms with E-state index in [4.69, 9.17) is 14.2 Å². The number of carbonyl (C=O) groups excluding carboxylic acids is 3. The van der Waals surface area contributed by atoms with Crippen LogP contribution in [-0.2, 0) is 40.4 Å². The predicted molar refractivity (Wildman–Crippen MR) is 150 cm³/mol. The van der Waals surface area contributed by atoms with Gasteiger partial charge in [0.2, 0.25) is 11.8 Å². The number of nitrogens with zero attached hydrogens (tertiary/aromatic N) is 3. The van der Waals surface area contributed by atoms with Crippen molar-refractivity contribution in [1.82, 2.24) is 24.5 Å². The molecule has 42 heavy (non-hydrogen) atoms. The van der Waals surface area contributed by atoms with Crippen LogP contribution in [0.15, 0.2) is 59.8 Å². The summed E-state index contributed by atoms with van der Waals surface area (Å²) >= 11 is 0. The number of rotatable bonds is 7. The topological polar surface area (TPSA) is 158 Å². The highest BCUT2D eigenvalue weighted by atomic mass is 32.2. The van der Waals surface area contributed by atoms with Gasteiger partial charge in [-0.1, -0.05) is 18.2 Å². The molecule has 2 aliphatic heterocycles. The summed E-state index contributed by atoms with van der Waals surface area (Å²) in [5.74, 6) is -2.19. The van der Waals surface area contributed by atoms with E-state index in [1.54, 1.807) is 57.3 Å². The quantitative estimate of drug-likeness (QED) is 0.413. The Morgan fingerprint density at radius 1 is 1.10 bits per heavy atom. The highest BCUT2D eigenvalue weighted by Crippen LogP contribution is 2.35. The molecule has 2 saturated heterocycles. The van der Waals surface area contributed by atoms with Gasteiger partial charge >= 0.3 is 6.09 Å². The third-order valence-electron chi connectivity index (χ3n) is 6.87. The molecule has 3 amide bonds. The molecule has 224 valence electrons. The molecular weight excluding hydrogens is 566 g/mol. The van der Waals surface area contributed by atoms with Crippen molar-refractivity contribution in [3.8, 4) is 0 Å². The molecule has 1 spiro atoms. The molecule has 0 bridgehead atoms. The molecule has 2 fully saturated rings. The smallest absolute Gasteiger partial charge is 0.408 e. The molecule has 0 aliphatic carbocycles. The van der Waals surface area contributed by atoms with Gasteiger partial charge in [-0.25, -0.2) is 17.2 Å². The van der Waals surface area contributed by atoms with Crippen LogP contribution in [0, 0.1) is 0 Å². The second-order valence-electron chi connectivity index (χ2n) is 11.1.